The van der Waals surface area contributed by atoms with Crippen molar-refractivity contribution in [2.75, 3.05) is 4.90 Å². The van der Waals surface area contributed by atoms with Gasteiger partial charge in [0.15, 0.2) is 0 Å². The standard InChI is InChI=1S/C14H14ClF3N2S/c1-9(2)20(8-11-4-3-5-21-11)13-7-10(14(16,17)18)6-12(15)19-13/h3-7,9H,8H2,1-2H3. The Labute approximate surface area is 130 Å². The number of thiophene rings is 1. The first-order valence-corrected chi connectivity index (χ1v) is 7.57. The molecule has 0 saturated heterocycles. The monoisotopic (exact) mass is 334 g/mol. The van der Waals surface area contributed by atoms with Crippen LogP contribution >= 0.6 is 22.9 Å². The minimum absolute atomic E-state index is 0.000787. The molecule has 21 heavy (non-hydrogen) atoms. The van der Waals surface area contributed by atoms with Gasteiger partial charge in [-0.15, -0.1) is 11.3 Å². The summed E-state index contributed by atoms with van der Waals surface area (Å²) in [5, 5.41) is 1.78. The fourth-order valence-corrected chi connectivity index (χ4v) is 2.80. The van der Waals surface area contributed by atoms with Crippen molar-refractivity contribution in [3.05, 3.63) is 45.2 Å². The number of hydrogen-bond acceptors (Lipinski definition) is 3. The summed E-state index contributed by atoms with van der Waals surface area (Å²) in [6.07, 6.45) is -4.44. The fourth-order valence-electron chi connectivity index (χ4n) is 1.89. The van der Waals surface area contributed by atoms with Gasteiger partial charge < -0.3 is 4.90 Å². The molecule has 2 nitrogen and oxygen atoms in total. The maximum atomic E-state index is 12.9. The molecular formula is C14H14ClF3N2S. The van der Waals surface area contributed by atoms with Crippen LogP contribution in [0.2, 0.25) is 5.15 Å². The topological polar surface area (TPSA) is 16.1 Å². The van der Waals surface area contributed by atoms with Gasteiger partial charge in [0.2, 0.25) is 0 Å². The van der Waals surface area contributed by atoms with E-state index in [1.165, 1.54) is 0 Å². The van der Waals surface area contributed by atoms with Gasteiger partial charge in [-0.25, -0.2) is 4.98 Å². The second-order valence-corrected chi connectivity index (χ2v) is 6.26. The summed E-state index contributed by atoms with van der Waals surface area (Å²) < 4.78 is 38.7. The van der Waals surface area contributed by atoms with E-state index in [9.17, 15) is 13.2 Å². The van der Waals surface area contributed by atoms with Crippen molar-refractivity contribution < 1.29 is 13.2 Å². The van der Waals surface area contributed by atoms with E-state index in [0.29, 0.717) is 6.54 Å². The Hall–Kier alpha value is -1.27. The van der Waals surface area contributed by atoms with Crippen LogP contribution in [0.5, 0.6) is 0 Å². The Morgan fingerprint density at radius 3 is 2.57 bits per heavy atom. The van der Waals surface area contributed by atoms with E-state index in [0.717, 1.165) is 17.0 Å². The van der Waals surface area contributed by atoms with Crippen LogP contribution in [0.15, 0.2) is 29.6 Å². The summed E-state index contributed by atoms with van der Waals surface area (Å²) in [7, 11) is 0. The second-order valence-electron chi connectivity index (χ2n) is 4.84. The normalized spacial score (nSPS) is 12.0. The minimum Gasteiger partial charge on any atom is -0.349 e. The number of halogens is 4. The lowest BCUT2D eigenvalue weighted by atomic mass is 10.2. The molecule has 2 heterocycles. The number of rotatable bonds is 4. The molecule has 2 aromatic heterocycles. The van der Waals surface area contributed by atoms with Gasteiger partial charge in [0.05, 0.1) is 12.1 Å². The van der Waals surface area contributed by atoms with Gasteiger partial charge in [0.25, 0.3) is 0 Å². The van der Waals surface area contributed by atoms with E-state index in [1.54, 1.807) is 16.2 Å². The van der Waals surface area contributed by atoms with Crippen molar-refractivity contribution in [1.29, 1.82) is 0 Å². The molecule has 2 rings (SSSR count). The van der Waals surface area contributed by atoms with E-state index in [-0.39, 0.29) is 17.0 Å². The summed E-state index contributed by atoms with van der Waals surface area (Å²) in [5.41, 5.74) is -0.783. The van der Waals surface area contributed by atoms with Crippen LogP contribution in [-0.2, 0) is 12.7 Å². The van der Waals surface area contributed by atoms with Crippen LogP contribution in [0.1, 0.15) is 24.3 Å². The Balaban J connectivity index is 2.38. The number of nitrogens with zero attached hydrogens (tertiary/aromatic N) is 2. The Kier molecular flexibility index (Phi) is 4.78. The molecule has 0 amide bonds. The highest BCUT2D eigenvalue weighted by Gasteiger charge is 2.32. The lowest BCUT2D eigenvalue weighted by Crippen LogP contribution is -2.31. The molecule has 0 atom stereocenters. The van der Waals surface area contributed by atoms with E-state index < -0.39 is 11.7 Å². The number of anilines is 1. The smallest absolute Gasteiger partial charge is 0.349 e. The van der Waals surface area contributed by atoms with Gasteiger partial charge in [-0.2, -0.15) is 13.2 Å². The van der Waals surface area contributed by atoms with Crippen molar-refractivity contribution in [3.63, 3.8) is 0 Å². The molecule has 0 aromatic carbocycles. The number of pyridine rings is 1. The molecule has 0 aliphatic heterocycles. The SMILES string of the molecule is CC(C)N(Cc1cccs1)c1cc(C(F)(F)F)cc(Cl)n1. The molecule has 0 aliphatic rings. The van der Waals surface area contributed by atoms with Crippen molar-refractivity contribution in [1.82, 2.24) is 4.98 Å². The largest absolute Gasteiger partial charge is 0.416 e. The highest BCUT2D eigenvalue weighted by atomic mass is 35.5. The lowest BCUT2D eigenvalue weighted by Gasteiger charge is -2.28. The average Bonchev–Trinajstić information content (AvgIpc) is 2.86. The highest BCUT2D eigenvalue weighted by molar-refractivity contribution is 7.09. The first-order chi connectivity index (χ1) is 9.77. The van der Waals surface area contributed by atoms with Gasteiger partial charge in [-0.05, 0) is 37.4 Å². The molecule has 0 saturated carbocycles. The number of hydrogen-bond donors (Lipinski definition) is 0. The van der Waals surface area contributed by atoms with Crippen LogP contribution in [0.25, 0.3) is 0 Å². The van der Waals surface area contributed by atoms with E-state index >= 15 is 0 Å². The first kappa shape index (κ1) is 16.1. The maximum Gasteiger partial charge on any atom is 0.416 e. The third-order valence-electron chi connectivity index (χ3n) is 2.93. The van der Waals surface area contributed by atoms with Crippen molar-refractivity contribution in [2.24, 2.45) is 0 Å². The Morgan fingerprint density at radius 1 is 1.33 bits per heavy atom. The van der Waals surface area contributed by atoms with Crippen LogP contribution in [-0.4, -0.2) is 11.0 Å². The van der Waals surface area contributed by atoms with Gasteiger partial charge in [0.1, 0.15) is 11.0 Å². The molecule has 114 valence electrons. The highest BCUT2D eigenvalue weighted by Crippen LogP contribution is 2.33. The van der Waals surface area contributed by atoms with Crippen LogP contribution in [0, 0.1) is 0 Å². The molecule has 0 fully saturated rings. The first-order valence-electron chi connectivity index (χ1n) is 6.31. The van der Waals surface area contributed by atoms with Crippen molar-refractivity contribution >= 4 is 28.8 Å². The predicted molar refractivity (Wildman–Crippen MR) is 79.9 cm³/mol. The number of aromatic nitrogens is 1. The summed E-state index contributed by atoms with van der Waals surface area (Å²) in [6.45, 7) is 4.31. The Bertz CT molecular complexity index is 597. The van der Waals surface area contributed by atoms with Gasteiger partial charge in [-0.1, -0.05) is 17.7 Å². The Morgan fingerprint density at radius 2 is 2.05 bits per heavy atom. The van der Waals surface area contributed by atoms with E-state index in [1.807, 2.05) is 31.4 Å². The second kappa shape index (κ2) is 6.23. The molecule has 0 bridgehead atoms. The van der Waals surface area contributed by atoms with Crippen LogP contribution < -0.4 is 4.90 Å². The van der Waals surface area contributed by atoms with Crippen LogP contribution in [0.4, 0.5) is 19.0 Å². The van der Waals surface area contributed by atoms with Crippen molar-refractivity contribution in [2.45, 2.75) is 32.6 Å². The molecule has 0 unspecified atom stereocenters. The summed E-state index contributed by atoms with van der Waals surface area (Å²) in [4.78, 5) is 6.90. The zero-order chi connectivity index (χ0) is 15.6. The quantitative estimate of drug-likeness (QED) is 0.712. The maximum absolute atomic E-state index is 12.9. The molecule has 0 spiro atoms. The third kappa shape index (κ3) is 4.11. The number of alkyl halides is 3. The molecule has 2 aromatic rings. The average molecular weight is 335 g/mol. The summed E-state index contributed by atoms with van der Waals surface area (Å²) >= 11 is 7.30. The van der Waals surface area contributed by atoms with Gasteiger partial charge in [0, 0.05) is 10.9 Å². The predicted octanol–water partition coefficient (Wildman–Crippen LogP) is 5.23. The van der Waals surface area contributed by atoms with E-state index in [2.05, 4.69) is 4.98 Å². The molecule has 0 N–H and O–H groups in total. The fraction of sp³-hybridized carbons (Fsp3) is 0.357. The molecule has 0 aliphatic carbocycles. The zero-order valence-electron chi connectivity index (χ0n) is 11.5. The zero-order valence-corrected chi connectivity index (χ0v) is 13.1. The van der Waals surface area contributed by atoms with Crippen LogP contribution in [0.3, 0.4) is 0 Å². The summed E-state index contributed by atoms with van der Waals surface area (Å²) in [6, 6.07) is 5.73. The lowest BCUT2D eigenvalue weighted by molar-refractivity contribution is -0.137. The van der Waals surface area contributed by atoms with Crippen molar-refractivity contribution in [3.8, 4) is 0 Å². The third-order valence-corrected chi connectivity index (χ3v) is 3.99. The molecular weight excluding hydrogens is 321 g/mol. The minimum atomic E-state index is -4.44. The molecule has 7 heteroatoms. The molecule has 0 radical (unpaired) electrons. The van der Waals surface area contributed by atoms with Gasteiger partial charge in [-0.3, -0.25) is 0 Å². The van der Waals surface area contributed by atoms with E-state index in [4.69, 9.17) is 11.6 Å². The summed E-state index contributed by atoms with van der Waals surface area (Å²) in [5.74, 6) is 0.234. The van der Waals surface area contributed by atoms with Gasteiger partial charge >= 0.3 is 6.18 Å².